The van der Waals surface area contributed by atoms with Crippen LogP contribution in [0.2, 0.25) is 0 Å². The first kappa shape index (κ1) is 15.5. The van der Waals surface area contributed by atoms with Crippen molar-refractivity contribution in [1.29, 1.82) is 0 Å². The fraction of sp³-hybridized carbons (Fsp3) is 0.611. The second kappa shape index (κ2) is 6.80. The molecule has 1 heterocycles. The van der Waals surface area contributed by atoms with Gasteiger partial charge in [-0.15, -0.1) is 0 Å². The van der Waals surface area contributed by atoms with Gasteiger partial charge in [0, 0.05) is 32.3 Å². The molecule has 0 atom stereocenters. The number of amides is 1. The molecule has 0 spiro atoms. The fourth-order valence-corrected chi connectivity index (χ4v) is 3.34. The molecule has 1 aliphatic carbocycles. The van der Waals surface area contributed by atoms with E-state index in [1.54, 1.807) is 0 Å². The number of likely N-dealkylation sites (N-methyl/N-ethyl adjacent to an activating group) is 1. The molecule has 1 saturated carbocycles. The Labute approximate surface area is 132 Å². The van der Waals surface area contributed by atoms with Crippen molar-refractivity contribution < 1.29 is 9.53 Å². The van der Waals surface area contributed by atoms with Gasteiger partial charge < -0.3 is 15.0 Å². The van der Waals surface area contributed by atoms with Gasteiger partial charge in [-0.2, -0.15) is 0 Å². The highest BCUT2D eigenvalue weighted by atomic mass is 16.5. The Hall–Kier alpha value is -1.39. The molecule has 2 fully saturated rings. The van der Waals surface area contributed by atoms with Gasteiger partial charge in [0.15, 0.2) is 0 Å². The third kappa shape index (κ3) is 3.33. The Kier molecular flexibility index (Phi) is 4.79. The predicted octanol–water partition coefficient (Wildman–Crippen LogP) is 1.95. The van der Waals surface area contributed by atoms with E-state index in [0.717, 1.165) is 37.5 Å². The SMILES string of the molecule is CN(CCNC(=O)C1(c2ccccc2)CCOCC1)C1CC1. The lowest BCUT2D eigenvalue weighted by Crippen LogP contribution is -2.49. The molecule has 2 aliphatic rings. The van der Waals surface area contributed by atoms with Crippen molar-refractivity contribution in [2.75, 3.05) is 33.4 Å². The Morgan fingerprint density at radius 3 is 2.59 bits per heavy atom. The minimum Gasteiger partial charge on any atom is -0.381 e. The number of hydrogen-bond acceptors (Lipinski definition) is 3. The molecule has 0 radical (unpaired) electrons. The van der Waals surface area contributed by atoms with Crippen molar-refractivity contribution in [3.63, 3.8) is 0 Å². The lowest BCUT2D eigenvalue weighted by molar-refractivity contribution is -0.130. The standard InChI is InChI=1S/C18H26N2O2/c1-20(16-7-8-16)12-11-19-17(21)18(9-13-22-14-10-18)15-5-3-2-4-6-15/h2-6,16H,7-14H2,1H3,(H,19,21). The lowest BCUT2D eigenvalue weighted by atomic mass is 9.73. The van der Waals surface area contributed by atoms with Crippen LogP contribution in [-0.2, 0) is 14.9 Å². The highest BCUT2D eigenvalue weighted by molar-refractivity contribution is 5.88. The molecule has 3 rings (SSSR count). The Bertz CT molecular complexity index is 493. The van der Waals surface area contributed by atoms with Crippen molar-refractivity contribution in [1.82, 2.24) is 10.2 Å². The first-order chi connectivity index (χ1) is 10.7. The molecule has 4 heteroatoms. The van der Waals surface area contributed by atoms with Gasteiger partial charge in [0.05, 0.1) is 5.41 Å². The van der Waals surface area contributed by atoms with Crippen LogP contribution < -0.4 is 5.32 Å². The van der Waals surface area contributed by atoms with E-state index in [-0.39, 0.29) is 5.91 Å². The van der Waals surface area contributed by atoms with E-state index in [4.69, 9.17) is 4.74 Å². The van der Waals surface area contributed by atoms with E-state index in [1.165, 1.54) is 12.8 Å². The summed E-state index contributed by atoms with van der Waals surface area (Å²) in [6, 6.07) is 10.9. The summed E-state index contributed by atoms with van der Waals surface area (Å²) >= 11 is 0. The molecular weight excluding hydrogens is 276 g/mol. The second-order valence-electron chi connectivity index (χ2n) is 6.53. The Balaban J connectivity index is 1.64. The summed E-state index contributed by atoms with van der Waals surface area (Å²) in [7, 11) is 2.14. The summed E-state index contributed by atoms with van der Waals surface area (Å²) in [5, 5.41) is 3.17. The van der Waals surface area contributed by atoms with Crippen molar-refractivity contribution in [3.8, 4) is 0 Å². The number of carbonyl (C=O) groups excluding carboxylic acids is 1. The topological polar surface area (TPSA) is 41.6 Å². The van der Waals surface area contributed by atoms with Crippen LogP contribution in [0.25, 0.3) is 0 Å². The van der Waals surface area contributed by atoms with Crippen LogP contribution in [0.4, 0.5) is 0 Å². The largest absolute Gasteiger partial charge is 0.381 e. The molecule has 0 aromatic heterocycles. The van der Waals surface area contributed by atoms with Gasteiger partial charge in [0.25, 0.3) is 0 Å². The third-order valence-electron chi connectivity index (χ3n) is 5.03. The van der Waals surface area contributed by atoms with E-state index < -0.39 is 5.41 Å². The van der Waals surface area contributed by atoms with Gasteiger partial charge in [-0.3, -0.25) is 4.79 Å². The number of nitrogens with one attached hydrogen (secondary N) is 1. The summed E-state index contributed by atoms with van der Waals surface area (Å²) in [5.41, 5.74) is 0.698. The first-order valence-corrected chi connectivity index (χ1v) is 8.34. The Morgan fingerprint density at radius 2 is 1.95 bits per heavy atom. The highest BCUT2D eigenvalue weighted by Gasteiger charge is 2.41. The maximum absolute atomic E-state index is 12.9. The smallest absolute Gasteiger partial charge is 0.230 e. The summed E-state index contributed by atoms with van der Waals surface area (Å²) in [6.45, 7) is 2.97. The van der Waals surface area contributed by atoms with Crippen LogP contribution in [-0.4, -0.2) is 50.2 Å². The van der Waals surface area contributed by atoms with E-state index in [0.29, 0.717) is 13.2 Å². The van der Waals surface area contributed by atoms with Gasteiger partial charge >= 0.3 is 0 Å². The Morgan fingerprint density at radius 1 is 1.27 bits per heavy atom. The molecule has 1 aromatic rings. The average Bonchev–Trinajstić information content (AvgIpc) is 3.41. The molecule has 120 valence electrons. The third-order valence-corrected chi connectivity index (χ3v) is 5.03. The molecular formula is C18H26N2O2. The van der Waals surface area contributed by atoms with Crippen LogP contribution in [0, 0.1) is 0 Å². The van der Waals surface area contributed by atoms with Crippen molar-refractivity contribution >= 4 is 5.91 Å². The number of ether oxygens (including phenoxy) is 1. The van der Waals surface area contributed by atoms with Gasteiger partial charge in [-0.25, -0.2) is 0 Å². The van der Waals surface area contributed by atoms with Crippen LogP contribution in [0.5, 0.6) is 0 Å². The maximum Gasteiger partial charge on any atom is 0.230 e. The quantitative estimate of drug-likeness (QED) is 0.873. The zero-order valence-corrected chi connectivity index (χ0v) is 13.4. The van der Waals surface area contributed by atoms with Crippen molar-refractivity contribution in [3.05, 3.63) is 35.9 Å². The van der Waals surface area contributed by atoms with Crippen LogP contribution in [0.15, 0.2) is 30.3 Å². The van der Waals surface area contributed by atoms with E-state index in [1.807, 2.05) is 18.2 Å². The van der Waals surface area contributed by atoms with Crippen LogP contribution in [0.3, 0.4) is 0 Å². The van der Waals surface area contributed by atoms with E-state index in [2.05, 4.69) is 29.4 Å². The predicted molar refractivity (Wildman–Crippen MR) is 86.8 cm³/mol. The number of rotatable bonds is 6. The highest BCUT2D eigenvalue weighted by Crippen LogP contribution is 2.35. The monoisotopic (exact) mass is 302 g/mol. The summed E-state index contributed by atoms with van der Waals surface area (Å²) in [4.78, 5) is 15.2. The van der Waals surface area contributed by atoms with Crippen LogP contribution in [0.1, 0.15) is 31.2 Å². The normalized spacial score (nSPS) is 20.8. The first-order valence-electron chi connectivity index (χ1n) is 8.34. The molecule has 1 N–H and O–H groups in total. The minimum absolute atomic E-state index is 0.159. The van der Waals surface area contributed by atoms with Crippen molar-refractivity contribution in [2.45, 2.75) is 37.1 Å². The van der Waals surface area contributed by atoms with E-state index in [9.17, 15) is 4.79 Å². The zero-order chi connectivity index (χ0) is 15.4. The number of nitrogens with zero attached hydrogens (tertiary/aromatic N) is 1. The van der Waals surface area contributed by atoms with Gasteiger partial charge in [0.1, 0.15) is 0 Å². The van der Waals surface area contributed by atoms with E-state index >= 15 is 0 Å². The summed E-state index contributed by atoms with van der Waals surface area (Å²) in [6.07, 6.45) is 4.13. The fourth-order valence-electron chi connectivity index (χ4n) is 3.34. The average molecular weight is 302 g/mol. The summed E-state index contributed by atoms with van der Waals surface area (Å²) < 4.78 is 5.49. The zero-order valence-electron chi connectivity index (χ0n) is 13.4. The van der Waals surface area contributed by atoms with Crippen LogP contribution >= 0.6 is 0 Å². The van der Waals surface area contributed by atoms with Gasteiger partial charge in [0.2, 0.25) is 5.91 Å². The molecule has 4 nitrogen and oxygen atoms in total. The molecule has 1 aliphatic heterocycles. The lowest BCUT2D eigenvalue weighted by Gasteiger charge is -2.36. The van der Waals surface area contributed by atoms with Gasteiger partial charge in [-0.05, 0) is 38.3 Å². The number of carbonyl (C=O) groups is 1. The molecule has 1 aromatic carbocycles. The van der Waals surface area contributed by atoms with Crippen molar-refractivity contribution in [2.24, 2.45) is 0 Å². The molecule has 22 heavy (non-hydrogen) atoms. The molecule has 0 bridgehead atoms. The minimum atomic E-state index is -0.419. The maximum atomic E-state index is 12.9. The van der Waals surface area contributed by atoms with Gasteiger partial charge in [-0.1, -0.05) is 30.3 Å². The molecule has 1 saturated heterocycles. The molecule has 1 amide bonds. The molecule has 0 unspecified atom stereocenters. The summed E-state index contributed by atoms with van der Waals surface area (Å²) in [5.74, 6) is 0.159. The number of hydrogen-bond donors (Lipinski definition) is 1. The number of benzene rings is 1. The second-order valence-corrected chi connectivity index (χ2v) is 6.53.